The van der Waals surface area contributed by atoms with E-state index in [1.165, 1.54) is 0 Å². The van der Waals surface area contributed by atoms with Gasteiger partial charge in [-0.15, -0.1) is 36.6 Å². The standard InChI is InChI=1S/C6H7NS.2ClH/c1-8-6-4-2-3-5-7-6;;/h2-5H,1H3;2*1H. The molecule has 0 saturated heterocycles. The smallest absolute Gasteiger partial charge is 0.0957 e. The molecule has 58 valence electrons. The number of rotatable bonds is 1. The molecule has 0 N–H and O–H groups in total. The Hall–Kier alpha value is 0.0800. The third kappa shape index (κ3) is 3.99. The van der Waals surface area contributed by atoms with E-state index in [1.54, 1.807) is 18.0 Å². The zero-order chi connectivity index (χ0) is 5.82. The molecule has 0 saturated carbocycles. The van der Waals surface area contributed by atoms with Crippen molar-refractivity contribution in [2.45, 2.75) is 5.03 Å². The minimum atomic E-state index is 0. The Labute approximate surface area is 77.4 Å². The Morgan fingerprint density at radius 2 is 2.00 bits per heavy atom. The van der Waals surface area contributed by atoms with Crippen molar-refractivity contribution in [2.24, 2.45) is 0 Å². The van der Waals surface area contributed by atoms with Gasteiger partial charge in [0.05, 0.1) is 5.03 Å². The van der Waals surface area contributed by atoms with Gasteiger partial charge in [-0.2, -0.15) is 0 Å². The average molecular weight is 198 g/mol. The van der Waals surface area contributed by atoms with Crippen molar-refractivity contribution in [3.63, 3.8) is 0 Å². The summed E-state index contributed by atoms with van der Waals surface area (Å²) in [5, 5.41) is 1.08. The number of aromatic nitrogens is 1. The van der Waals surface area contributed by atoms with Gasteiger partial charge in [0.1, 0.15) is 0 Å². The van der Waals surface area contributed by atoms with Gasteiger partial charge in [-0.05, 0) is 18.4 Å². The summed E-state index contributed by atoms with van der Waals surface area (Å²) in [6, 6.07) is 5.89. The Balaban J connectivity index is 0. The third-order valence-corrected chi connectivity index (χ3v) is 1.51. The third-order valence-electron chi connectivity index (χ3n) is 0.847. The maximum absolute atomic E-state index is 4.06. The van der Waals surface area contributed by atoms with Gasteiger partial charge in [0.25, 0.3) is 0 Å². The number of pyridine rings is 1. The van der Waals surface area contributed by atoms with E-state index in [2.05, 4.69) is 4.98 Å². The fourth-order valence-electron chi connectivity index (χ4n) is 0.468. The Kier molecular flexibility index (Phi) is 9.15. The number of nitrogens with zero attached hydrogens (tertiary/aromatic N) is 1. The summed E-state index contributed by atoms with van der Waals surface area (Å²) in [4.78, 5) is 4.06. The predicted octanol–water partition coefficient (Wildman–Crippen LogP) is 2.65. The summed E-state index contributed by atoms with van der Waals surface area (Å²) < 4.78 is 0. The van der Waals surface area contributed by atoms with Crippen LogP contribution in [0.25, 0.3) is 0 Å². The molecule has 0 amide bonds. The number of thioether (sulfide) groups is 1. The highest BCUT2D eigenvalue weighted by Crippen LogP contribution is 2.07. The molecule has 1 heterocycles. The minimum Gasteiger partial charge on any atom is -0.250 e. The molecule has 0 aliphatic rings. The highest BCUT2D eigenvalue weighted by Gasteiger charge is 1.82. The second kappa shape index (κ2) is 7.19. The van der Waals surface area contributed by atoms with Crippen molar-refractivity contribution >= 4 is 36.6 Å². The lowest BCUT2D eigenvalue weighted by Crippen LogP contribution is -1.71. The lowest BCUT2D eigenvalue weighted by Gasteiger charge is -1.88. The van der Waals surface area contributed by atoms with Crippen LogP contribution in [-0.4, -0.2) is 11.2 Å². The van der Waals surface area contributed by atoms with Gasteiger partial charge in [-0.3, -0.25) is 0 Å². The van der Waals surface area contributed by atoms with Crippen LogP contribution in [0.1, 0.15) is 0 Å². The quantitative estimate of drug-likeness (QED) is 0.643. The van der Waals surface area contributed by atoms with E-state index in [4.69, 9.17) is 0 Å². The van der Waals surface area contributed by atoms with Crippen molar-refractivity contribution in [3.8, 4) is 0 Å². The molecule has 1 rings (SSSR count). The van der Waals surface area contributed by atoms with Crippen LogP contribution in [-0.2, 0) is 0 Å². The summed E-state index contributed by atoms with van der Waals surface area (Å²) in [5.41, 5.74) is 0. The summed E-state index contributed by atoms with van der Waals surface area (Å²) in [5.74, 6) is 0. The van der Waals surface area contributed by atoms with Crippen LogP contribution in [0, 0.1) is 0 Å². The number of hydrogen-bond donors (Lipinski definition) is 0. The molecular formula is C6H9Cl2NS. The second-order valence-corrected chi connectivity index (χ2v) is 2.20. The van der Waals surface area contributed by atoms with Gasteiger partial charge in [0.15, 0.2) is 0 Å². The Morgan fingerprint density at radius 1 is 1.30 bits per heavy atom. The fraction of sp³-hybridized carbons (Fsp3) is 0.167. The molecule has 0 spiro atoms. The summed E-state index contributed by atoms with van der Waals surface area (Å²) >= 11 is 1.66. The van der Waals surface area contributed by atoms with Gasteiger partial charge >= 0.3 is 0 Å². The van der Waals surface area contributed by atoms with E-state index in [0.29, 0.717) is 0 Å². The number of hydrogen-bond acceptors (Lipinski definition) is 2. The lowest BCUT2D eigenvalue weighted by atomic mass is 10.5. The molecule has 0 atom stereocenters. The van der Waals surface area contributed by atoms with Crippen molar-refractivity contribution in [1.29, 1.82) is 0 Å². The molecule has 1 aromatic rings. The van der Waals surface area contributed by atoms with E-state index < -0.39 is 0 Å². The van der Waals surface area contributed by atoms with E-state index in [9.17, 15) is 0 Å². The molecule has 0 aromatic carbocycles. The fourth-order valence-corrected chi connectivity index (χ4v) is 0.849. The summed E-state index contributed by atoms with van der Waals surface area (Å²) in [6.45, 7) is 0. The monoisotopic (exact) mass is 197 g/mol. The predicted molar refractivity (Wildman–Crippen MR) is 50.5 cm³/mol. The molecule has 0 aliphatic heterocycles. The normalized spacial score (nSPS) is 7.30. The minimum absolute atomic E-state index is 0. The first-order chi connectivity index (χ1) is 3.93. The first-order valence-corrected chi connectivity index (χ1v) is 3.61. The molecule has 1 nitrogen and oxygen atoms in total. The van der Waals surface area contributed by atoms with Crippen LogP contribution < -0.4 is 0 Å². The zero-order valence-corrected chi connectivity index (χ0v) is 7.93. The van der Waals surface area contributed by atoms with Crippen LogP contribution in [0.5, 0.6) is 0 Å². The topological polar surface area (TPSA) is 12.9 Å². The summed E-state index contributed by atoms with van der Waals surface area (Å²) in [6.07, 6.45) is 3.81. The highest BCUT2D eigenvalue weighted by atomic mass is 35.5. The molecule has 0 radical (unpaired) electrons. The van der Waals surface area contributed by atoms with E-state index in [-0.39, 0.29) is 24.8 Å². The molecular weight excluding hydrogens is 189 g/mol. The van der Waals surface area contributed by atoms with Gasteiger partial charge in [0, 0.05) is 6.20 Å². The van der Waals surface area contributed by atoms with E-state index in [0.717, 1.165) is 5.03 Å². The molecule has 0 bridgehead atoms. The first-order valence-electron chi connectivity index (χ1n) is 2.38. The Morgan fingerprint density at radius 3 is 2.30 bits per heavy atom. The van der Waals surface area contributed by atoms with Crippen LogP contribution in [0.3, 0.4) is 0 Å². The van der Waals surface area contributed by atoms with Crippen LogP contribution in [0.4, 0.5) is 0 Å². The lowest BCUT2D eigenvalue weighted by molar-refractivity contribution is 1.14. The van der Waals surface area contributed by atoms with Gasteiger partial charge in [-0.25, -0.2) is 4.98 Å². The largest absolute Gasteiger partial charge is 0.250 e. The molecule has 0 aliphatic carbocycles. The molecule has 0 unspecified atom stereocenters. The Bertz CT molecular complexity index is 157. The van der Waals surface area contributed by atoms with Crippen molar-refractivity contribution in [1.82, 2.24) is 4.98 Å². The molecule has 1 aromatic heterocycles. The molecule has 4 heteroatoms. The first kappa shape index (κ1) is 12.7. The van der Waals surface area contributed by atoms with E-state index in [1.807, 2.05) is 24.5 Å². The van der Waals surface area contributed by atoms with Crippen molar-refractivity contribution in [3.05, 3.63) is 24.4 Å². The molecule has 0 fully saturated rings. The van der Waals surface area contributed by atoms with Crippen LogP contribution >= 0.6 is 36.6 Å². The van der Waals surface area contributed by atoms with Gasteiger partial charge in [-0.1, -0.05) is 6.07 Å². The SMILES string of the molecule is CSc1ccccn1.Cl.Cl. The summed E-state index contributed by atoms with van der Waals surface area (Å²) in [7, 11) is 0. The maximum Gasteiger partial charge on any atom is 0.0957 e. The highest BCUT2D eigenvalue weighted by molar-refractivity contribution is 7.98. The van der Waals surface area contributed by atoms with Crippen molar-refractivity contribution < 1.29 is 0 Å². The van der Waals surface area contributed by atoms with Crippen LogP contribution in [0.2, 0.25) is 0 Å². The zero-order valence-electron chi connectivity index (χ0n) is 5.48. The van der Waals surface area contributed by atoms with Crippen molar-refractivity contribution in [2.75, 3.05) is 6.26 Å². The molecule has 10 heavy (non-hydrogen) atoms. The maximum atomic E-state index is 4.06. The van der Waals surface area contributed by atoms with E-state index >= 15 is 0 Å². The number of halogens is 2. The van der Waals surface area contributed by atoms with Gasteiger partial charge in [0.2, 0.25) is 0 Å². The second-order valence-electron chi connectivity index (χ2n) is 1.37. The van der Waals surface area contributed by atoms with Crippen LogP contribution in [0.15, 0.2) is 29.4 Å². The van der Waals surface area contributed by atoms with Gasteiger partial charge < -0.3 is 0 Å². The average Bonchev–Trinajstić information content (AvgIpc) is 1.90.